The lowest BCUT2D eigenvalue weighted by atomic mass is 10.1. The fourth-order valence-corrected chi connectivity index (χ4v) is 3.74. The predicted octanol–water partition coefficient (Wildman–Crippen LogP) is 3.35. The number of imidazole rings is 1. The van der Waals surface area contributed by atoms with Crippen molar-refractivity contribution in [2.45, 2.75) is 51.6 Å². The Morgan fingerprint density at radius 3 is 2.33 bits per heavy atom. The molecule has 1 unspecified atom stereocenters. The molecule has 0 aliphatic carbocycles. The molecule has 1 atom stereocenters. The van der Waals surface area contributed by atoms with Crippen LogP contribution in [0.4, 0.5) is 0 Å². The summed E-state index contributed by atoms with van der Waals surface area (Å²) in [5.41, 5.74) is 0.793. The lowest BCUT2D eigenvalue weighted by Crippen LogP contribution is -2.27. The van der Waals surface area contributed by atoms with Crippen LogP contribution in [-0.4, -0.2) is 31.2 Å². The van der Waals surface area contributed by atoms with E-state index in [0.717, 1.165) is 18.4 Å². The summed E-state index contributed by atoms with van der Waals surface area (Å²) in [6.07, 6.45) is 3.27. The molecular formula is C19H29N3O4S. The number of nitrogens with one attached hydrogen (secondary N) is 1. The Balaban J connectivity index is 2.22. The summed E-state index contributed by atoms with van der Waals surface area (Å²) >= 11 is 0. The van der Waals surface area contributed by atoms with E-state index in [9.17, 15) is 8.42 Å². The number of aromatic nitrogens is 2. The molecule has 1 aromatic heterocycles. The summed E-state index contributed by atoms with van der Waals surface area (Å²) in [6.45, 7) is 8.79. The SMILES string of the molecule is CCCOc1ccc(C(C)NS(=O)(=O)c2cn(C)c(C)n2)cc1OCCC. The average Bonchev–Trinajstić information content (AvgIpc) is 2.98. The van der Waals surface area contributed by atoms with Gasteiger partial charge in [-0.3, -0.25) is 0 Å². The maximum Gasteiger partial charge on any atom is 0.260 e. The summed E-state index contributed by atoms with van der Waals surface area (Å²) in [5.74, 6) is 1.93. The maximum absolute atomic E-state index is 12.6. The second-order valence-electron chi connectivity index (χ2n) is 6.48. The van der Waals surface area contributed by atoms with Crippen LogP contribution < -0.4 is 14.2 Å². The van der Waals surface area contributed by atoms with Crippen LogP contribution in [0.1, 0.15) is 51.0 Å². The van der Waals surface area contributed by atoms with Gasteiger partial charge in [-0.1, -0.05) is 19.9 Å². The summed E-state index contributed by atoms with van der Waals surface area (Å²) in [4.78, 5) is 4.10. The molecule has 27 heavy (non-hydrogen) atoms. The third-order valence-electron chi connectivity index (χ3n) is 4.08. The molecule has 0 bridgehead atoms. The van der Waals surface area contributed by atoms with Gasteiger partial charge in [0.05, 0.1) is 13.2 Å². The molecule has 7 nitrogen and oxygen atoms in total. The molecule has 0 amide bonds. The van der Waals surface area contributed by atoms with Crippen LogP contribution in [0.5, 0.6) is 11.5 Å². The Bertz CT molecular complexity index is 842. The minimum Gasteiger partial charge on any atom is -0.490 e. The first-order valence-electron chi connectivity index (χ1n) is 9.20. The summed E-state index contributed by atoms with van der Waals surface area (Å²) in [5, 5.41) is 0.0136. The smallest absolute Gasteiger partial charge is 0.260 e. The van der Waals surface area contributed by atoms with Crippen LogP contribution >= 0.6 is 0 Å². The Labute approximate surface area is 161 Å². The van der Waals surface area contributed by atoms with E-state index in [4.69, 9.17) is 9.47 Å². The van der Waals surface area contributed by atoms with Crippen molar-refractivity contribution in [2.24, 2.45) is 7.05 Å². The quantitative estimate of drug-likeness (QED) is 0.667. The second-order valence-corrected chi connectivity index (χ2v) is 8.14. The summed E-state index contributed by atoms with van der Waals surface area (Å²) in [6, 6.07) is 5.06. The molecule has 0 spiro atoms. The fraction of sp³-hybridized carbons (Fsp3) is 0.526. The van der Waals surface area contributed by atoms with Gasteiger partial charge >= 0.3 is 0 Å². The number of sulfonamides is 1. The van der Waals surface area contributed by atoms with Gasteiger partial charge in [0.25, 0.3) is 10.0 Å². The van der Waals surface area contributed by atoms with Crippen molar-refractivity contribution >= 4 is 10.0 Å². The molecule has 2 rings (SSSR count). The summed E-state index contributed by atoms with van der Waals surface area (Å²) in [7, 11) is -1.96. The first kappa shape index (κ1) is 21.2. The minimum atomic E-state index is -3.72. The number of aryl methyl sites for hydroxylation is 2. The predicted molar refractivity (Wildman–Crippen MR) is 105 cm³/mol. The molecule has 1 aromatic carbocycles. The van der Waals surface area contributed by atoms with Crippen molar-refractivity contribution in [2.75, 3.05) is 13.2 Å². The van der Waals surface area contributed by atoms with Gasteiger partial charge in [0.15, 0.2) is 16.5 Å². The van der Waals surface area contributed by atoms with Crippen molar-refractivity contribution in [3.8, 4) is 11.5 Å². The van der Waals surface area contributed by atoms with Crippen molar-refractivity contribution in [1.29, 1.82) is 0 Å². The van der Waals surface area contributed by atoms with Crippen LogP contribution in [0.3, 0.4) is 0 Å². The van der Waals surface area contributed by atoms with E-state index in [0.29, 0.717) is 30.5 Å². The molecular weight excluding hydrogens is 366 g/mol. The third kappa shape index (κ3) is 5.46. The topological polar surface area (TPSA) is 82.5 Å². The number of ether oxygens (including phenoxy) is 2. The highest BCUT2D eigenvalue weighted by Crippen LogP contribution is 2.31. The monoisotopic (exact) mass is 395 g/mol. The highest BCUT2D eigenvalue weighted by molar-refractivity contribution is 7.89. The van der Waals surface area contributed by atoms with Crippen LogP contribution in [0.15, 0.2) is 29.4 Å². The van der Waals surface area contributed by atoms with Crippen molar-refractivity contribution in [3.63, 3.8) is 0 Å². The van der Waals surface area contributed by atoms with Crippen molar-refractivity contribution < 1.29 is 17.9 Å². The molecule has 0 aliphatic heterocycles. The Hall–Kier alpha value is -2.06. The molecule has 1 heterocycles. The lowest BCUT2D eigenvalue weighted by Gasteiger charge is -2.17. The zero-order valence-corrected chi connectivity index (χ0v) is 17.5. The molecule has 1 N–H and O–H groups in total. The van der Waals surface area contributed by atoms with E-state index in [-0.39, 0.29) is 5.03 Å². The van der Waals surface area contributed by atoms with Gasteiger partial charge in [-0.25, -0.2) is 18.1 Å². The third-order valence-corrected chi connectivity index (χ3v) is 5.50. The molecule has 0 saturated heterocycles. The van der Waals surface area contributed by atoms with E-state index < -0.39 is 16.1 Å². The Morgan fingerprint density at radius 2 is 1.78 bits per heavy atom. The van der Waals surface area contributed by atoms with E-state index in [1.165, 1.54) is 6.20 Å². The van der Waals surface area contributed by atoms with Gasteiger partial charge in [0, 0.05) is 19.3 Å². The van der Waals surface area contributed by atoms with Crippen LogP contribution in [0.25, 0.3) is 0 Å². The number of hydrogen-bond donors (Lipinski definition) is 1. The maximum atomic E-state index is 12.6. The molecule has 0 radical (unpaired) electrons. The first-order chi connectivity index (χ1) is 12.8. The van der Waals surface area contributed by atoms with E-state index >= 15 is 0 Å². The van der Waals surface area contributed by atoms with Gasteiger partial charge < -0.3 is 14.0 Å². The Morgan fingerprint density at radius 1 is 1.15 bits per heavy atom. The number of nitrogens with zero attached hydrogens (tertiary/aromatic N) is 2. The average molecular weight is 396 g/mol. The fourth-order valence-electron chi connectivity index (χ4n) is 2.47. The number of hydrogen-bond acceptors (Lipinski definition) is 5. The van der Waals surface area contributed by atoms with Crippen LogP contribution in [0, 0.1) is 6.92 Å². The standard InChI is InChI=1S/C19H29N3O4S/c1-6-10-25-17-9-8-16(12-18(17)26-11-7-2)14(3)21-27(23,24)19-13-22(5)15(4)20-19/h8-9,12-14,21H,6-7,10-11H2,1-5H3. The zero-order chi connectivity index (χ0) is 20.0. The zero-order valence-electron chi connectivity index (χ0n) is 16.7. The molecule has 0 fully saturated rings. The van der Waals surface area contributed by atoms with Crippen molar-refractivity contribution in [3.05, 3.63) is 35.8 Å². The largest absolute Gasteiger partial charge is 0.490 e. The minimum absolute atomic E-state index is 0.0136. The summed E-state index contributed by atoms with van der Waals surface area (Å²) < 4.78 is 41.1. The molecule has 150 valence electrons. The number of benzene rings is 1. The second kappa shape index (κ2) is 9.23. The normalized spacial score (nSPS) is 12.8. The molecule has 0 saturated carbocycles. The van der Waals surface area contributed by atoms with Crippen LogP contribution in [-0.2, 0) is 17.1 Å². The van der Waals surface area contributed by atoms with Crippen molar-refractivity contribution in [1.82, 2.24) is 14.3 Å². The van der Waals surface area contributed by atoms with Crippen LogP contribution in [0.2, 0.25) is 0 Å². The first-order valence-corrected chi connectivity index (χ1v) is 10.7. The molecule has 0 aliphatic rings. The lowest BCUT2D eigenvalue weighted by molar-refractivity contribution is 0.268. The van der Waals surface area contributed by atoms with E-state index in [1.807, 2.05) is 32.0 Å². The van der Waals surface area contributed by atoms with Gasteiger partial charge in [0.1, 0.15) is 5.82 Å². The molecule has 8 heteroatoms. The molecule has 2 aromatic rings. The van der Waals surface area contributed by atoms with Gasteiger partial charge in [-0.15, -0.1) is 0 Å². The van der Waals surface area contributed by atoms with Gasteiger partial charge in [-0.2, -0.15) is 0 Å². The Kier molecular flexibility index (Phi) is 7.26. The van der Waals surface area contributed by atoms with Gasteiger partial charge in [0.2, 0.25) is 0 Å². The van der Waals surface area contributed by atoms with E-state index in [1.54, 1.807) is 25.5 Å². The highest BCUT2D eigenvalue weighted by Gasteiger charge is 2.22. The highest BCUT2D eigenvalue weighted by atomic mass is 32.2. The number of rotatable bonds is 10. The van der Waals surface area contributed by atoms with Gasteiger partial charge in [-0.05, 0) is 44.4 Å². The van der Waals surface area contributed by atoms with E-state index in [2.05, 4.69) is 9.71 Å².